The average Bonchev–Trinajstić information content (AvgIpc) is 2.91. The highest BCUT2D eigenvalue weighted by atomic mass is 32.1. The summed E-state index contributed by atoms with van der Waals surface area (Å²) in [6.45, 7) is 3.77. The van der Waals surface area contributed by atoms with Crippen LogP contribution in [0.5, 0.6) is 0 Å². The molecule has 0 aliphatic carbocycles. The molecule has 0 spiro atoms. The number of Topliss-reactive ketones (excluding diaryl/α,β-unsaturated/α-hetero) is 1. The van der Waals surface area contributed by atoms with Crippen molar-refractivity contribution < 1.29 is 14.3 Å². The van der Waals surface area contributed by atoms with Crippen molar-refractivity contribution in [2.24, 2.45) is 0 Å². The predicted octanol–water partition coefficient (Wildman–Crippen LogP) is 3.37. The molecular formula is C17H19NO3S. The second-order valence-electron chi connectivity index (χ2n) is 5.07. The largest absolute Gasteiger partial charge is 0.457 e. The lowest BCUT2D eigenvalue weighted by molar-refractivity contribution is -0.141. The van der Waals surface area contributed by atoms with Gasteiger partial charge in [-0.1, -0.05) is 37.6 Å². The van der Waals surface area contributed by atoms with E-state index in [-0.39, 0.29) is 18.8 Å². The van der Waals surface area contributed by atoms with E-state index in [0.29, 0.717) is 11.3 Å². The summed E-state index contributed by atoms with van der Waals surface area (Å²) in [5, 5.41) is 2.73. The zero-order valence-corrected chi connectivity index (χ0v) is 13.6. The number of hydrogen-bond acceptors (Lipinski definition) is 5. The molecule has 0 saturated carbocycles. The first kappa shape index (κ1) is 16.4. The zero-order valence-electron chi connectivity index (χ0n) is 12.8. The van der Waals surface area contributed by atoms with E-state index < -0.39 is 5.97 Å². The van der Waals surface area contributed by atoms with E-state index in [1.165, 1.54) is 16.9 Å². The Morgan fingerprint density at radius 2 is 1.95 bits per heavy atom. The van der Waals surface area contributed by atoms with Gasteiger partial charge in [0.15, 0.2) is 12.4 Å². The fourth-order valence-electron chi connectivity index (χ4n) is 2.06. The Kier molecular flexibility index (Phi) is 5.83. The summed E-state index contributed by atoms with van der Waals surface area (Å²) < 4.78 is 5.03. The molecule has 116 valence electrons. The second-order valence-corrected chi connectivity index (χ2v) is 6.13. The summed E-state index contributed by atoms with van der Waals surface area (Å²) in [5.41, 5.74) is 2.45. The standard InChI is InChI=1S/C17H19NO3S/c1-3-4-13-5-7-14(8-6-13)16(19)10-21-17(20)9-15-11-22-12(2)18-15/h5-8,11H,3-4,9-10H2,1-2H3. The number of rotatable bonds is 7. The SMILES string of the molecule is CCCc1ccc(C(=O)COC(=O)Cc2csc(C)n2)cc1. The number of aryl methyl sites for hydroxylation is 2. The van der Waals surface area contributed by atoms with Crippen LogP contribution >= 0.6 is 11.3 Å². The van der Waals surface area contributed by atoms with E-state index in [1.54, 1.807) is 12.1 Å². The Hall–Kier alpha value is -2.01. The average molecular weight is 317 g/mol. The lowest BCUT2D eigenvalue weighted by Gasteiger charge is -2.04. The molecule has 1 aromatic heterocycles. The topological polar surface area (TPSA) is 56.3 Å². The van der Waals surface area contributed by atoms with E-state index in [2.05, 4.69) is 11.9 Å². The Morgan fingerprint density at radius 3 is 2.55 bits per heavy atom. The smallest absolute Gasteiger partial charge is 0.312 e. The Balaban J connectivity index is 1.82. The monoisotopic (exact) mass is 317 g/mol. The third-order valence-electron chi connectivity index (χ3n) is 3.17. The normalized spacial score (nSPS) is 10.5. The number of carbonyl (C=O) groups is 2. The van der Waals surface area contributed by atoms with Gasteiger partial charge in [-0.2, -0.15) is 0 Å². The van der Waals surface area contributed by atoms with Crippen LogP contribution in [-0.2, 0) is 22.4 Å². The van der Waals surface area contributed by atoms with Crippen molar-refractivity contribution in [2.75, 3.05) is 6.61 Å². The van der Waals surface area contributed by atoms with Crippen molar-refractivity contribution >= 4 is 23.1 Å². The highest BCUT2D eigenvalue weighted by Gasteiger charge is 2.12. The summed E-state index contributed by atoms with van der Waals surface area (Å²) >= 11 is 1.49. The molecule has 0 radical (unpaired) electrons. The van der Waals surface area contributed by atoms with Crippen molar-refractivity contribution in [1.82, 2.24) is 4.98 Å². The molecule has 2 rings (SSSR count). The number of ketones is 1. The van der Waals surface area contributed by atoms with Gasteiger partial charge < -0.3 is 4.74 Å². The summed E-state index contributed by atoms with van der Waals surface area (Å²) in [7, 11) is 0. The lowest BCUT2D eigenvalue weighted by Crippen LogP contribution is -2.15. The highest BCUT2D eigenvalue weighted by molar-refractivity contribution is 7.09. The highest BCUT2D eigenvalue weighted by Crippen LogP contribution is 2.10. The van der Waals surface area contributed by atoms with Gasteiger partial charge in [0.1, 0.15) is 0 Å². The minimum atomic E-state index is -0.429. The van der Waals surface area contributed by atoms with Gasteiger partial charge in [0.05, 0.1) is 17.1 Å². The molecule has 0 atom stereocenters. The molecule has 0 bridgehead atoms. The van der Waals surface area contributed by atoms with Gasteiger partial charge in [-0.15, -0.1) is 11.3 Å². The number of aromatic nitrogens is 1. The lowest BCUT2D eigenvalue weighted by atomic mass is 10.1. The zero-order chi connectivity index (χ0) is 15.9. The first-order valence-corrected chi connectivity index (χ1v) is 8.15. The van der Waals surface area contributed by atoms with Crippen LogP contribution in [0.15, 0.2) is 29.6 Å². The molecule has 0 aliphatic rings. The molecule has 0 N–H and O–H groups in total. The molecule has 4 nitrogen and oxygen atoms in total. The van der Waals surface area contributed by atoms with Gasteiger partial charge >= 0.3 is 5.97 Å². The van der Waals surface area contributed by atoms with Crippen LogP contribution in [0.4, 0.5) is 0 Å². The number of thiazole rings is 1. The van der Waals surface area contributed by atoms with Crippen LogP contribution in [0, 0.1) is 6.92 Å². The number of benzene rings is 1. The van der Waals surface area contributed by atoms with E-state index in [4.69, 9.17) is 4.74 Å². The molecular weight excluding hydrogens is 298 g/mol. The molecule has 1 heterocycles. The minimum absolute atomic E-state index is 0.104. The van der Waals surface area contributed by atoms with E-state index in [1.807, 2.05) is 24.4 Å². The molecule has 0 aliphatic heterocycles. The molecule has 1 aromatic carbocycles. The number of nitrogens with zero attached hydrogens (tertiary/aromatic N) is 1. The van der Waals surface area contributed by atoms with Crippen LogP contribution < -0.4 is 0 Å². The first-order chi connectivity index (χ1) is 10.6. The quantitative estimate of drug-likeness (QED) is 0.580. The Bertz CT molecular complexity index is 646. The van der Waals surface area contributed by atoms with Gasteiger partial charge in [-0.05, 0) is 18.9 Å². The fraction of sp³-hybridized carbons (Fsp3) is 0.353. The Morgan fingerprint density at radius 1 is 1.23 bits per heavy atom. The molecule has 0 unspecified atom stereocenters. The molecule has 2 aromatic rings. The molecule has 0 amide bonds. The van der Waals surface area contributed by atoms with Crippen molar-refractivity contribution in [3.8, 4) is 0 Å². The third-order valence-corrected chi connectivity index (χ3v) is 3.99. The maximum atomic E-state index is 12.0. The second kappa shape index (κ2) is 7.84. The van der Waals surface area contributed by atoms with Gasteiger partial charge in [0, 0.05) is 10.9 Å². The van der Waals surface area contributed by atoms with Gasteiger partial charge in [0.2, 0.25) is 0 Å². The van der Waals surface area contributed by atoms with E-state index in [0.717, 1.165) is 17.8 Å². The number of hydrogen-bond donors (Lipinski definition) is 0. The van der Waals surface area contributed by atoms with Crippen LogP contribution in [0.2, 0.25) is 0 Å². The summed E-state index contributed by atoms with van der Waals surface area (Å²) in [5.74, 6) is -0.618. The summed E-state index contributed by atoms with van der Waals surface area (Å²) in [6.07, 6.45) is 2.17. The van der Waals surface area contributed by atoms with E-state index >= 15 is 0 Å². The van der Waals surface area contributed by atoms with Crippen LogP contribution in [0.1, 0.15) is 40.0 Å². The van der Waals surface area contributed by atoms with Gasteiger partial charge in [-0.25, -0.2) is 4.98 Å². The summed E-state index contributed by atoms with van der Waals surface area (Å²) in [6, 6.07) is 7.45. The van der Waals surface area contributed by atoms with Gasteiger partial charge in [0.25, 0.3) is 0 Å². The van der Waals surface area contributed by atoms with Crippen LogP contribution in [0.3, 0.4) is 0 Å². The fourth-order valence-corrected chi connectivity index (χ4v) is 2.68. The molecule has 5 heteroatoms. The van der Waals surface area contributed by atoms with Crippen molar-refractivity contribution in [2.45, 2.75) is 33.1 Å². The first-order valence-electron chi connectivity index (χ1n) is 7.27. The van der Waals surface area contributed by atoms with Gasteiger partial charge in [-0.3, -0.25) is 9.59 Å². The molecule has 0 saturated heterocycles. The number of esters is 1. The summed E-state index contributed by atoms with van der Waals surface area (Å²) in [4.78, 5) is 27.9. The van der Waals surface area contributed by atoms with Crippen molar-refractivity contribution in [3.63, 3.8) is 0 Å². The Labute approximate surface area is 134 Å². The minimum Gasteiger partial charge on any atom is -0.457 e. The number of carbonyl (C=O) groups excluding carboxylic acids is 2. The molecule has 0 fully saturated rings. The maximum Gasteiger partial charge on any atom is 0.312 e. The van der Waals surface area contributed by atoms with E-state index in [9.17, 15) is 9.59 Å². The molecule has 22 heavy (non-hydrogen) atoms. The van der Waals surface area contributed by atoms with Crippen LogP contribution in [-0.4, -0.2) is 23.3 Å². The number of ether oxygens (including phenoxy) is 1. The van der Waals surface area contributed by atoms with Crippen molar-refractivity contribution in [1.29, 1.82) is 0 Å². The predicted molar refractivity (Wildman–Crippen MR) is 86.3 cm³/mol. The maximum absolute atomic E-state index is 12.0. The third kappa shape index (κ3) is 4.77. The van der Waals surface area contributed by atoms with Crippen molar-refractivity contribution in [3.05, 3.63) is 51.5 Å². The van der Waals surface area contributed by atoms with Crippen LogP contribution in [0.25, 0.3) is 0 Å².